The van der Waals surface area contributed by atoms with Crippen molar-refractivity contribution < 1.29 is 9.59 Å². The van der Waals surface area contributed by atoms with Crippen LogP contribution in [0.2, 0.25) is 0 Å². The summed E-state index contributed by atoms with van der Waals surface area (Å²) in [5, 5.41) is 12.7. The lowest BCUT2D eigenvalue weighted by atomic mass is 10.2. The maximum Gasteiger partial charge on any atom is 0.253 e. The van der Waals surface area contributed by atoms with Crippen molar-refractivity contribution >= 4 is 23.5 Å². The summed E-state index contributed by atoms with van der Waals surface area (Å²) in [5.41, 5.74) is 2.85. The van der Waals surface area contributed by atoms with E-state index < -0.39 is 0 Å². The first-order valence-corrected chi connectivity index (χ1v) is 9.54. The maximum atomic E-state index is 12.8. The molecule has 0 spiro atoms. The Labute approximate surface area is 173 Å². The predicted molar refractivity (Wildman–Crippen MR) is 113 cm³/mol. The molecule has 0 radical (unpaired) electrons. The monoisotopic (exact) mass is 403 g/mol. The second kappa shape index (κ2) is 8.56. The molecule has 0 aliphatic carbocycles. The molecule has 3 aromatic rings. The third-order valence-corrected chi connectivity index (χ3v) is 4.84. The average Bonchev–Trinajstić information content (AvgIpc) is 3.46. The molecule has 1 atom stereocenters. The quantitative estimate of drug-likeness (QED) is 0.544. The summed E-state index contributed by atoms with van der Waals surface area (Å²) in [4.78, 5) is 34.8. The van der Waals surface area contributed by atoms with Crippen molar-refractivity contribution in [3.05, 3.63) is 67.1 Å². The Bertz CT molecular complexity index is 1050. The number of benzene rings is 1. The van der Waals surface area contributed by atoms with Crippen molar-refractivity contribution in [1.82, 2.24) is 25.1 Å². The standard InChI is InChI=1S/C21H21N7O2/c1-2-19(29)25-16-5-3-14(4-6-16)20(30)28-10-8-17(13-28)26-21-22-9-7-18(27-21)15-11-23-24-12-15/h2-7,9,11-12,17H,1,8,10,13H2,(H,23,24)(H,25,29)(H,22,26,27)/t17-/m1/s1. The molecule has 1 aliphatic heterocycles. The molecule has 2 amide bonds. The minimum absolute atomic E-state index is 0.0473. The van der Waals surface area contributed by atoms with Gasteiger partial charge in [0.2, 0.25) is 11.9 Å². The van der Waals surface area contributed by atoms with Crippen molar-refractivity contribution in [3.8, 4) is 11.3 Å². The number of carbonyl (C=O) groups excluding carboxylic acids is 2. The Morgan fingerprint density at radius 2 is 2.07 bits per heavy atom. The zero-order chi connectivity index (χ0) is 20.9. The molecule has 152 valence electrons. The Balaban J connectivity index is 1.36. The fraction of sp³-hybridized carbons (Fsp3) is 0.190. The van der Waals surface area contributed by atoms with Crippen LogP contribution in [0.1, 0.15) is 16.8 Å². The van der Waals surface area contributed by atoms with Crippen LogP contribution in [0.25, 0.3) is 11.3 Å². The number of carbonyl (C=O) groups is 2. The van der Waals surface area contributed by atoms with E-state index in [4.69, 9.17) is 0 Å². The average molecular weight is 403 g/mol. The molecule has 0 bridgehead atoms. The van der Waals surface area contributed by atoms with Gasteiger partial charge in [0.15, 0.2) is 0 Å². The molecule has 1 saturated heterocycles. The second-order valence-corrected chi connectivity index (χ2v) is 6.90. The summed E-state index contributed by atoms with van der Waals surface area (Å²) in [5.74, 6) is 0.186. The molecule has 1 fully saturated rings. The summed E-state index contributed by atoms with van der Waals surface area (Å²) in [7, 11) is 0. The van der Waals surface area contributed by atoms with Crippen molar-refractivity contribution in [2.45, 2.75) is 12.5 Å². The van der Waals surface area contributed by atoms with Crippen LogP contribution in [0.5, 0.6) is 0 Å². The number of hydrogen-bond donors (Lipinski definition) is 3. The lowest BCUT2D eigenvalue weighted by Gasteiger charge is -2.17. The molecule has 30 heavy (non-hydrogen) atoms. The van der Waals surface area contributed by atoms with E-state index >= 15 is 0 Å². The van der Waals surface area contributed by atoms with Crippen LogP contribution in [0.3, 0.4) is 0 Å². The predicted octanol–water partition coefficient (Wildman–Crippen LogP) is 2.32. The number of likely N-dealkylation sites (tertiary alicyclic amines) is 1. The van der Waals surface area contributed by atoms with Crippen LogP contribution in [0.15, 0.2) is 61.6 Å². The number of H-pyrrole nitrogens is 1. The summed E-state index contributed by atoms with van der Waals surface area (Å²) in [6.45, 7) is 4.63. The molecular formula is C21H21N7O2. The van der Waals surface area contributed by atoms with E-state index in [1.807, 2.05) is 6.07 Å². The van der Waals surface area contributed by atoms with Crippen molar-refractivity contribution in [2.24, 2.45) is 0 Å². The summed E-state index contributed by atoms with van der Waals surface area (Å²) < 4.78 is 0. The summed E-state index contributed by atoms with van der Waals surface area (Å²) in [6, 6.07) is 8.71. The highest BCUT2D eigenvalue weighted by Gasteiger charge is 2.27. The number of anilines is 2. The summed E-state index contributed by atoms with van der Waals surface area (Å²) in [6.07, 6.45) is 7.18. The third kappa shape index (κ3) is 4.35. The van der Waals surface area contributed by atoms with E-state index in [1.54, 1.807) is 47.8 Å². The van der Waals surface area contributed by atoms with E-state index in [1.165, 1.54) is 6.08 Å². The minimum Gasteiger partial charge on any atom is -0.350 e. The van der Waals surface area contributed by atoms with Gasteiger partial charge in [-0.25, -0.2) is 9.97 Å². The van der Waals surface area contributed by atoms with E-state index in [-0.39, 0.29) is 17.9 Å². The Morgan fingerprint density at radius 1 is 1.23 bits per heavy atom. The molecule has 3 heterocycles. The van der Waals surface area contributed by atoms with Gasteiger partial charge in [0, 0.05) is 48.3 Å². The Morgan fingerprint density at radius 3 is 2.80 bits per heavy atom. The number of hydrogen-bond acceptors (Lipinski definition) is 6. The molecule has 1 aromatic carbocycles. The SMILES string of the molecule is C=CC(=O)Nc1ccc(C(=O)N2CC[C@@H](Nc3nccc(-c4cn[nH]c4)n3)C2)cc1. The van der Waals surface area contributed by atoms with Crippen LogP contribution in [0.4, 0.5) is 11.6 Å². The molecule has 3 N–H and O–H groups in total. The van der Waals surface area contributed by atoms with E-state index in [0.29, 0.717) is 30.3 Å². The molecule has 4 rings (SSSR count). The van der Waals surface area contributed by atoms with Crippen molar-refractivity contribution in [2.75, 3.05) is 23.7 Å². The van der Waals surface area contributed by atoms with Crippen LogP contribution in [0, 0.1) is 0 Å². The lowest BCUT2D eigenvalue weighted by Crippen LogP contribution is -2.31. The number of nitrogens with zero attached hydrogens (tertiary/aromatic N) is 4. The van der Waals surface area contributed by atoms with E-state index in [2.05, 4.69) is 37.4 Å². The van der Waals surface area contributed by atoms with Crippen LogP contribution in [-0.4, -0.2) is 56.0 Å². The van der Waals surface area contributed by atoms with Gasteiger partial charge in [0.1, 0.15) is 0 Å². The van der Waals surface area contributed by atoms with Crippen molar-refractivity contribution in [3.63, 3.8) is 0 Å². The fourth-order valence-electron chi connectivity index (χ4n) is 3.30. The second-order valence-electron chi connectivity index (χ2n) is 6.90. The van der Waals surface area contributed by atoms with Crippen molar-refractivity contribution in [1.29, 1.82) is 0 Å². The van der Waals surface area contributed by atoms with Gasteiger partial charge in [-0.2, -0.15) is 5.10 Å². The first kappa shape index (κ1) is 19.3. The minimum atomic E-state index is -0.290. The zero-order valence-electron chi connectivity index (χ0n) is 16.2. The number of amides is 2. The highest BCUT2D eigenvalue weighted by molar-refractivity contribution is 5.99. The number of nitrogens with one attached hydrogen (secondary N) is 3. The molecule has 9 heteroatoms. The Hall–Kier alpha value is -4.01. The normalized spacial score (nSPS) is 15.6. The topological polar surface area (TPSA) is 116 Å². The van der Waals surface area contributed by atoms with E-state index in [0.717, 1.165) is 17.7 Å². The van der Waals surface area contributed by atoms with Crippen LogP contribution < -0.4 is 10.6 Å². The number of rotatable bonds is 6. The van der Waals surface area contributed by atoms with Gasteiger partial charge in [-0.15, -0.1) is 0 Å². The summed E-state index contributed by atoms with van der Waals surface area (Å²) >= 11 is 0. The van der Waals surface area contributed by atoms with Gasteiger partial charge >= 0.3 is 0 Å². The van der Waals surface area contributed by atoms with Gasteiger partial charge in [0.05, 0.1) is 11.9 Å². The highest BCUT2D eigenvalue weighted by atomic mass is 16.2. The molecule has 0 unspecified atom stereocenters. The molecule has 0 saturated carbocycles. The van der Waals surface area contributed by atoms with Gasteiger partial charge in [-0.1, -0.05) is 6.58 Å². The Kier molecular flexibility index (Phi) is 5.51. The van der Waals surface area contributed by atoms with Crippen LogP contribution in [-0.2, 0) is 4.79 Å². The molecule has 2 aromatic heterocycles. The van der Waals surface area contributed by atoms with Gasteiger partial charge in [-0.05, 0) is 42.8 Å². The fourth-order valence-corrected chi connectivity index (χ4v) is 3.30. The van der Waals surface area contributed by atoms with Gasteiger partial charge in [0.25, 0.3) is 5.91 Å². The van der Waals surface area contributed by atoms with Crippen LogP contribution >= 0.6 is 0 Å². The van der Waals surface area contributed by atoms with E-state index in [9.17, 15) is 9.59 Å². The third-order valence-electron chi connectivity index (χ3n) is 4.84. The first-order chi connectivity index (χ1) is 14.6. The largest absolute Gasteiger partial charge is 0.350 e. The zero-order valence-corrected chi connectivity index (χ0v) is 16.2. The molecule has 1 aliphatic rings. The highest BCUT2D eigenvalue weighted by Crippen LogP contribution is 2.20. The molecule has 9 nitrogen and oxygen atoms in total. The maximum absolute atomic E-state index is 12.8. The number of aromatic nitrogens is 4. The lowest BCUT2D eigenvalue weighted by molar-refractivity contribution is -0.111. The van der Waals surface area contributed by atoms with Gasteiger partial charge < -0.3 is 15.5 Å². The molecular weight excluding hydrogens is 382 g/mol. The first-order valence-electron chi connectivity index (χ1n) is 9.54. The number of aromatic amines is 1. The van der Waals surface area contributed by atoms with Gasteiger partial charge in [-0.3, -0.25) is 14.7 Å². The smallest absolute Gasteiger partial charge is 0.253 e.